The number of amides is 2. The normalized spacial score (nSPS) is 16.4. The molecule has 5 nitrogen and oxygen atoms in total. The number of ether oxygens (including phenoxy) is 1. The van der Waals surface area contributed by atoms with Gasteiger partial charge in [-0.05, 0) is 38.5 Å². The van der Waals surface area contributed by atoms with E-state index >= 15 is 0 Å². The fourth-order valence-electron chi connectivity index (χ4n) is 2.95. The lowest BCUT2D eigenvalue weighted by atomic mass is 9.96. The molecule has 5 heteroatoms. The van der Waals surface area contributed by atoms with Gasteiger partial charge in [-0.2, -0.15) is 0 Å². The van der Waals surface area contributed by atoms with Crippen LogP contribution in [0.2, 0.25) is 0 Å². The van der Waals surface area contributed by atoms with Gasteiger partial charge < -0.3 is 10.5 Å². The number of benzene rings is 2. The third-order valence-corrected chi connectivity index (χ3v) is 4.24. The first kappa shape index (κ1) is 17.0. The minimum absolute atomic E-state index is 0.280. The van der Waals surface area contributed by atoms with Crippen LogP contribution in [0.25, 0.3) is 0 Å². The van der Waals surface area contributed by atoms with Gasteiger partial charge in [0, 0.05) is 12.0 Å². The largest absolute Gasteiger partial charge is 0.457 e. The van der Waals surface area contributed by atoms with E-state index in [0.29, 0.717) is 12.1 Å². The third-order valence-electron chi connectivity index (χ3n) is 4.24. The summed E-state index contributed by atoms with van der Waals surface area (Å²) >= 11 is 0. The van der Waals surface area contributed by atoms with E-state index in [4.69, 9.17) is 10.5 Å². The first-order valence-electron chi connectivity index (χ1n) is 8.26. The average Bonchev–Trinajstić information content (AvgIpc) is 2.68. The zero-order chi connectivity index (χ0) is 18.2. The van der Waals surface area contributed by atoms with Crippen LogP contribution in [0.3, 0.4) is 0 Å². The summed E-state index contributed by atoms with van der Waals surface area (Å²) in [6, 6.07) is 14.4. The van der Waals surface area contributed by atoms with E-state index in [9.17, 15) is 9.59 Å². The van der Waals surface area contributed by atoms with Crippen LogP contribution in [-0.4, -0.2) is 12.0 Å². The van der Waals surface area contributed by atoms with Gasteiger partial charge in [-0.3, -0.25) is 9.69 Å². The number of anilines is 2. The van der Waals surface area contributed by atoms with Gasteiger partial charge in [-0.15, -0.1) is 0 Å². The van der Waals surface area contributed by atoms with Crippen molar-refractivity contribution in [3.8, 4) is 0 Å². The molecule has 130 valence electrons. The molecule has 1 atom stereocenters. The van der Waals surface area contributed by atoms with E-state index < -0.39 is 17.6 Å². The van der Waals surface area contributed by atoms with Gasteiger partial charge >= 0.3 is 12.0 Å². The molecule has 1 heterocycles. The Morgan fingerprint density at radius 3 is 2.28 bits per heavy atom. The van der Waals surface area contributed by atoms with Gasteiger partial charge in [-0.25, -0.2) is 4.79 Å². The van der Waals surface area contributed by atoms with Crippen molar-refractivity contribution in [3.05, 3.63) is 59.7 Å². The highest BCUT2D eigenvalue weighted by Crippen LogP contribution is 2.41. The molecule has 0 aromatic heterocycles. The number of para-hydroxylation sites is 2. The molecule has 2 amide bonds. The number of nitrogens with two attached hydrogens (primary N) is 1. The molecule has 1 aliphatic heterocycles. The molecule has 2 aromatic rings. The van der Waals surface area contributed by atoms with E-state index in [2.05, 4.69) is 0 Å². The molecule has 0 fully saturated rings. The molecule has 0 saturated carbocycles. The van der Waals surface area contributed by atoms with Crippen molar-refractivity contribution in [2.45, 2.75) is 33.3 Å². The molecule has 0 aliphatic carbocycles. The monoisotopic (exact) mass is 338 g/mol. The number of primary amides is 1. The predicted octanol–water partition coefficient (Wildman–Crippen LogP) is 4.09. The van der Waals surface area contributed by atoms with Crippen molar-refractivity contribution in [2.24, 2.45) is 11.1 Å². The Morgan fingerprint density at radius 1 is 1.04 bits per heavy atom. The van der Waals surface area contributed by atoms with Crippen molar-refractivity contribution in [3.63, 3.8) is 0 Å². The van der Waals surface area contributed by atoms with Crippen LogP contribution in [0, 0.1) is 5.41 Å². The molecule has 1 unspecified atom stereocenters. The summed E-state index contributed by atoms with van der Waals surface area (Å²) in [6.07, 6.45) is 0.00660. The summed E-state index contributed by atoms with van der Waals surface area (Å²) in [6.45, 7) is 5.46. The predicted molar refractivity (Wildman–Crippen MR) is 96.6 cm³/mol. The number of fused-ring (bicyclic) bond motifs is 2. The molecule has 2 N–H and O–H groups in total. The Kier molecular flexibility index (Phi) is 4.25. The van der Waals surface area contributed by atoms with Gasteiger partial charge in [0.05, 0.1) is 16.8 Å². The smallest absolute Gasteiger partial charge is 0.323 e. The highest BCUT2D eigenvalue weighted by atomic mass is 16.5. The number of carbonyl (C=O) groups excluding carboxylic acids is 2. The van der Waals surface area contributed by atoms with Crippen LogP contribution in [-0.2, 0) is 16.0 Å². The second-order valence-corrected chi connectivity index (χ2v) is 7.21. The molecule has 0 bridgehead atoms. The molecule has 0 saturated heterocycles. The van der Waals surface area contributed by atoms with Gasteiger partial charge in [0.2, 0.25) is 0 Å². The van der Waals surface area contributed by atoms with Crippen LogP contribution in [0.15, 0.2) is 48.5 Å². The van der Waals surface area contributed by atoms with Crippen LogP contribution in [0.5, 0.6) is 0 Å². The Labute approximate surface area is 147 Å². The second kappa shape index (κ2) is 6.24. The summed E-state index contributed by atoms with van der Waals surface area (Å²) in [7, 11) is 0. The maximum absolute atomic E-state index is 12.5. The zero-order valence-electron chi connectivity index (χ0n) is 14.7. The SMILES string of the molecule is CC(C)(C)C(=O)OC1Cc2ccccc2N(C(N)=O)c2ccccc21. The number of urea groups is 1. The number of carbonyl (C=O) groups is 2. The van der Waals surface area contributed by atoms with Crippen molar-refractivity contribution in [2.75, 3.05) is 4.90 Å². The van der Waals surface area contributed by atoms with Gasteiger partial charge in [0.15, 0.2) is 0 Å². The summed E-state index contributed by atoms with van der Waals surface area (Å²) in [5.41, 5.74) is 8.10. The number of hydrogen-bond acceptors (Lipinski definition) is 3. The molecule has 3 rings (SSSR count). The Balaban J connectivity index is 2.14. The summed E-state index contributed by atoms with van der Waals surface area (Å²) in [4.78, 5) is 26.1. The van der Waals surface area contributed by atoms with Gasteiger partial charge in [0.1, 0.15) is 6.10 Å². The van der Waals surface area contributed by atoms with Crippen molar-refractivity contribution in [1.29, 1.82) is 0 Å². The number of rotatable bonds is 1. The Hall–Kier alpha value is -2.82. The Morgan fingerprint density at radius 2 is 1.64 bits per heavy atom. The van der Waals surface area contributed by atoms with Crippen molar-refractivity contribution in [1.82, 2.24) is 0 Å². The second-order valence-electron chi connectivity index (χ2n) is 7.21. The van der Waals surface area contributed by atoms with Crippen LogP contribution < -0.4 is 10.6 Å². The zero-order valence-corrected chi connectivity index (χ0v) is 14.7. The van der Waals surface area contributed by atoms with Crippen LogP contribution in [0.4, 0.5) is 16.2 Å². The lowest BCUT2D eigenvalue weighted by Gasteiger charge is -2.25. The number of esters is 1. The quantitative estimate of drug-likeness (QED) is 0.796. The number of hydrogen-bond donors (Lipinski definition) is 1. The third kappa shape index (κ3) is 3.22. The average molecular weight is 338 g/mol. The number of nitrogens with zero attached hydrogens (tertiary/aromatic N) is 1. The van der Waals surface area contributed by atoms with E-state index in [1.54, 1.807) is 0 Å². The molecule has 0 radical (unpaired) electrons. The summed E-state index contributed by atoms with van der Waals surface area (Å²) in [5.74, 6) is -0.280. The molecule has 2 aromatic carbocycles. The van der Waals surface area contributed by atoms with Gasteiger partial charge in [-0.1, -0.05) is 36.4 Å². The summed E-state index contributed by atoms with van der Waals surface area (Å²) in [5, 5.41) is 0. The Bertz CT molecular complexity index is 824. The topological polar surface area (TPSA) is 72.6 Å². The maximum atomic E-state index is 12.5. The minimum Gasteiger partial charge on any atom is -0.457 e. The first-order chi connectivity index (χ1) is 11.8. The van der Waals surface area contributed by atoms with E-state index in [0.717, 1.165) is 16.8 Å². The summed E-state index contributed by atoms with van der Waals surface area (Å²) < 4.78 is 5.83. The van der Waals surface area contributed by atoms with Crippen LogP contribution >= 0.6 is 0 Å². The highest BCUT2D eigenvalue weighted by Gasteiger charge is 2.33. The maximum Gasteiger partial charge on any atom is 0.323 e. The molecular weight excluding hydrogens is 316 g/mol. The van der Waals surface area contributed by atoms with Gasteiger partial charge in [0.25, 0.3) is 0 Å². The molecule has 1 aliphatic rings. The molecular formula is C20H22N2O3. The fourth-order valence-corrected chi connectivity index (χ4v) is 2.95. The van der Waals surface area contributed by atoms with Crippen LogP contribution in [0.1, 0.15) is 38.0 Å². The lowest BCUT2D eigenvalue weighted by molar-refractivity contribution is -0.159. The van der Waals surface area contributed by atoms with E-state index in [1.807, 2.05) is 69.3 Å². The van der Waals surface area contributed by atoms with Crippen molar-refractivity contribution >= 4 is 23.4 Å². The van der Waals surface area contributed by atoms with E-state index in [-0.39, 0.29) is 5.97 Å². The van der Waals surface area contributed by atoms with Crippen molar-refractivity contribution < 1.29 is 14.3 Å². The molecule has 25 heavy (non-hydrogen) atoms. The standard InChI is InChI=1S/C20H22N2O3/c1-20(2,3)18(23)25-17-12-13-8-4-6-10-15(13)22(19(21)24)16-11-7-5-9-14(16)17/h4-11,17H,12H2,1-3H3,(H2,21,24). The fraction of sp³-hybridized carbons (Fsp3) is 0.300. The minimum atomic E-state index is -0.607. The van der Waals surface area contributed by atoms with E-state index in [1.165, 1.54) is 4.90 Å². The lowest BCUT2D eigenvalue weighted by Crippen LogP contribution is -2.32. The highest BCUT2D eigenvalue weighted by molar-refractivity contribution is 6.00. The first-order valence-corrected chi connectivity index (χ1v) is 8.26. The molecule has 0 spiro atoms.